The molecule has 0 fully saturated rings. The van der Waals surface area contributed by atoms with Gasteiger partial charge in [0.05, 0.1) is 18.3 Å². The second-order valence-electron chi connectivity index (χ2n) is 9.62. The minimum atomic E-state index is -0.841. The van der Waals surface area contributed by atoms with Gasteiger partial charge in [0, 0.05) is 5.69 Å². The van der Waals surface area contributed by atoms with Crippen LogP contribution in [0.1, 0.15) is 102 Å². The summed E-state index contributed by atoms with van der Waals surface area (Å²) in [6, 6.07) is 14.2. The van der Waals surface area contributed by atoms with Gasteiger partial charge in [-0.25, -0.2) is 4.39 Å². The molecule has 2 aromatic rings. The number of carboxylic acids is 1. The van der Waals surface area contributed by atoms with E-state index in [1.54, 1.807) is 12.1 Å². The van der Waals surface area contributed by atoms with E-state index < -0.39 is 5.97 Å². The normalized spacial score (nSPS) is 11.8. The van der Waals surface area contributed by atoms with Gasteiger partial charge in [-0.3, -0.25) is 4.79 Å². The van der Waals surface area contributed by atoms with Crippen molar-refractivity contribution in [3.8, 4) is 0 Å². The molecule has 1 unspecified atom stereocenters. The number of carbonyl (C=O) groups is 1. The molecule has 0 aromatic heterocycles. The molecule has 194 valence electrons. The molecular formula is C30H45FN2O2. The summed E-state index contributed by atoms with van der Waals surface area (Å²) in [5.41, 5.74) is 2.14. The first-order valence-electron chi connectivity index (χ1n) is 13.7. The van der Waals surface area contributed by atoms with Crippen molar-refractivity contribution in [1.29, 1.82) is 0 Å². The molecule has 0 radical (unpaired) electrons. The van der Waals surface area contributed by atoms with E-state index in [1.165, 1.54) is 83.1 Å². The molecule has 0 aliphatic carbocycles. The van der Waals surface area contributed by atoms with Gasteiger partial charge in [-0.1, -0.05) is 108 Å². The first-order valence-corrected chi connectivity index (χ1v) is 13.7. The van der Waals surface area contributed by atoms with Crippen LogP contribution in [0.15, 0.2) is 48.5 Å². The standard InChI is InChI=1S/C30H45FN2O2/c1-2-3-4-5-6-7-8-9-10-11-12-13-14-19-29(33-28-18-16-15-17-27(28)31)32-26-22-20-25(21-23-26)24-30(34)35/h15-18,20-23,29,32-33H,2-14,19,24H2,1H3,(H,34,35). The predicted octanol–water partition coefficient (Wildman–Crippen LogP) is 8.78. The van der Waals surface area contributed by atoms with Crippen molar-refractivity contribution in [3.05, 3.63) is 59.9 Å². The van der Waals surface area contributed by atoms with Gasteiger partial charge in [0.25, 0.3) is 0 Å². The second-order valence-corrected chi connectivity index (χ2v) is 9.62. The molecule has 35 heavy (non-hydrogen) atoms. The molecule has 0 heterocycles. The lowest BCUT2D eigenvalue weighted by Gasteiger charge is -2.23. The summed E-state index contributed by atoms with van der Waals surface area (Å²) in [6.45, 7) is 2.26. The Morgan fingerprint density at radius 1 is 0.771 bits per heavy atom. The van der Waals surface area contributed by atoms with Crippen molar-refractivity contribution in [1.82, 2.24) is 0 Å². The van der Waals surface area contributed by atoms with Crippen molar-refractivity contribution < 1.29 is 14.3 Å². The van der Waals surface area contributed by atoms with Gasteiger partial charge >= 0.3 is 5.97 Å². The highest BCUT2D eigenvalue weighted by Crippen LogP contribution is 2.20. The van der Waals surface area contributed by atoms with E-state index in [9.17, 15) is 9.18 Å². The van der Waals surface area contributed by atoms with Crippen LogP contribution < -0.4 is 10.6 Å². The number of aliphatic carboxylic acids is 1. The molecule has 0 amide bonds. The first-order chi connectivity index (χ1) is 17.1. The summed E-state index contributed by atoms with van der Waals surface area (Å²) in [4.78, 5) is 10.9. The van der Waals surface area contributed by atoms with Crippen LogP contribution in [-0.2, 0) is 11.2 Å². The van der Waals surface area contributed by atoms with E-state index in [0.717, 1.165) is 24.1 Å². The number of para-hydroxylation sites is 1. The summed E-state index contributed by atoms with van der Waals surface area (Å²) in [7, 11) is 0. The summed E-state index contributed by atoms with van der Waals surface area (Å²) in [6.07, 6.45) is 17.9. The van der Waals surface area contributed by atoms with Crippen molar-refractivity contribution in [2.45, 2.75) is 109 Å². The lowest BCUT2D eigenvalue weighted by molar-refractivity contribution is -0.136. The fourth-order valence-electron chi connectivity index (χ4n) is 4.41. The van der Waals surface area contributed by atoms with Crippen LogP contribution in [0, 0.1) is 5.82 Å². The molecule has 3 N–H and O–H groups in total. The quantitative estimate of drug-likeness (QED) is 0.130. The van der Waals surface area contributed by atoms with Gasteiger partial charge in [0.2, 0.25) is 0 Å². The molecule has 2 rings (SSSR count). The van der Waals surface area contributed by atoms with Gasteiger partial charge in [-0.05, 0) is 42.7 Å². The average molecular weight is 485 g/mol. The highest BCUT2D eigenvalue weighted by Gasteiger charge is 2.11. The summed E-state index contributed by atoms with van der Waals surface area (Å²) in [5.74, 6) is -1.10. The zero-order valence-corrected chi connectivity index (χ0v) is 21.5. The Morgan fingerprint density at radius 3 is 1.86 bits per heavy atom. The molecule has 0 aliphatic heterocycles. The monoisotopic (exact) mass is 484 g/mol. The van der Waals surface area contributed by atoms with Crippen LogP contribution >= 0.6 is 0 Å². The van der Waals surface area contributed by atoms with Crippen LogP contribution in [0.4, 0.5) is 15.8 Å². The zero-order valence-electron chi connectivity index (χ0n) is 21.5. The fraction of sp³-hybridized carbons (Fsp3) is 0.567. The van der Waals surface area contributed by atoms with E-state index >= 15 is 0 Å². The van der Waals surface area contributed by atoms with Gasteiger partial charge in [0.1, 0.15) is 5.82 Å². The third-order valence-electron chi connectivity index (χ3n) is 6.45. The topological polar surface area (TPSA) is 61.4 Å². The van der Waals surface area contributed by atoms with Crippen LogP contribution in [0.5, 0.6) is 0 Å². The van der Waals surface area contributed by atoms with Gasteiger partial charge in [-0.2, -0.15) is 0 Å². The van der Waals surface area contributed by atoms with Crippen molar-refractivity contribution in [2.24, 2.45) is 0 Å². The van der Waals surface area contributed by atoms with Crippen molar-refractivity contribution in [3.63, 3.8) is 0 Å². The third-order valence-corrected chi connectivity index (χ3v) is 6.45. The van der Waals surface area contributed by atoms with Crippen LogP contribution in [0.25, 0.3) is 0 Å². The molecule has 0 spiro atoms. The van der Waals surface area contributed by atoms with Crippen LogP contribution in [0.2, 0.25) is 0 Å². The van der Waals surface area contributed by atoms with Crippen LogP contribution in [0.3, 0.4) is 0 Å². The number of hydrogen-bond donors (Lipinski definition) is 3. The smallest absolute Gasteiger partial charge is 0.307 e. The number of rotatable bonds is 20. The number of nitrogens with one attached hydrogen (secondary N) is 2. The molecule has 0 saturated carbocycles. The lowest BCUT2D eigenvalue weighted by Crippen LogP contribution is -2.29. The third kappa shape index (κ3) is 13.2. The Kier molecular flexibility index (Phi) is 14.6. The van der Waals surface area contributed by atoms with E-state index in [1.807, 2.05) is 30.3 Å². The number of halogens is 1. The molecule has 0 aliphatic rings. The van der Waals surface area contributed by atoms with E-state index in [2.05, 4.69) is 17.6 Å². The van der Waals surface area contributed by atoms with Crippen molar-refractivity contribution in [2.75, 3.05) is 10.6 Å². The highest BCUT2D eigenvalue weighted by molar-refractivity contribution is 5.70. The number of benzene rings is 2. The molecular weight excluding hydrogens is 439 g/mol. The van der Waals surface area contributed by atoms with Gasteiger partial charge in [-0.15, -0.1) is 0 Å². The molecule has 4 nitrogen and oxygen atoms in total. The Labute approximate surface area is 211 Å². The summed E-state index contributed by atoms with van der Waals surface area (Å²) in [5, 5.41) is 15.7. The Morgan fingerprint density at radius 2 is 1.31 bits per heavy atom. The Hall–Kier alpha value is -2.56. The minimum Gasteiger partial charge on any atom is -0.481 e. The number of anilines is 2. The first kappa shape index (κ1) is 28.7. The van der Waals surface area contributed by atoms with Crippen LogP contribution in [-0.4, -0.2) is 17.2 Å². The zero-order chi connectivity index (χ0) is 25.1. The Bertz CT molecular complexity index is 825. The van der Waals surface area contributed by atoms with E-state index in [0.29, 0.717) is 5.69 Å². The number of unbranched alkanes of at least 4 members (excludes halogenated alkanes) is 12. The highest BCUT2D eigenvalue weighted by atomic mass is 19.1. The molecule has 0 bridgehead atoms. The van der Waals surface area contributed by atoms with E-state index in [-0.39, 0.29) is 18.4 Å². The lowest BCUT2D eigenvalue weighted by atomic mass is 10.0. The maximum Gasteiger partial charge on any atom is 0.307 e. The van der Waals surface area contributed by atoms with Gasteiger partial charge < -0.3 is 15.7 Å². The molecule has 5 heteroatoms. The minimum absolute atomic E-state index is 0.0101. The Balaban J connectivity index is 1.70. The molecule has 0 saturated heterocycles. The number of hydrogen-bond acceptors (Lipinski definition) is 3. The maximum atomic E-state index is 14.2. The molecule has 2 aromatic carbocycles. The maximum absolute atomic E-state index is 14.2. The SMILES string of the molecule is CCCCCCCCCCCCCCCC(Nc1ccc(CC(=O)O)cc1)Nc1ccccc1F. The van der Waals surface area contributed by atoms with E-state index in [4.69, 9.17) is 5.11 Å². The predicted molar refractivity (Wildman–Crippen MR) is 146 cm³/mol. The fourth-order valence-corrected chi connectivity index (χ4v) is 4.41. The number of carboxylic acid groups (broad SMARTS) is 1. The second kappa shape index (κ2) is 17.8. The largest absolute Gasteiger partial charge is 0.481 e. The van der Waals surface area contributed by atoms with Gasteiger partial charge in [0.15, 0.2) is 0 Å². The summed E-state index contributed by atoms with van der Waals surface area (Å²) < 4.78 is 14.2. The average Bonchev–Trinajstić information content (AvgIpc) is 2.84. The molecule has 1 atom stereocenters. The summed E-state index contributed by atoms with van der Waals surface area (Å²) >= 11 is 0. The van der Waals surface area contributed by atoms with Crippen molar-refractivity contribution >= 4 is 17.3 Å².